The van der Waals surface area contributed by atoms with Crippen LogP contribution >= 0.6 is 0 Å². The topological polar surface area (TPSA) is 99.0 Å². The van der Waals surface area contributed by atoms with E-state index in [4.69, 9.17) is 4.74 Å². The van der Waals surface area contributed by atoms with Crippen molar-refractivity contribution < 1.29 is 14.3 Å². The lowest BCUT2D eigenvalue weighted by molar-refractivity contribution is -0.123. The smallest absolute Gasteiger partial charge is 0.338 e. The molecule has 3 aromatic rings. The van der Waals surface area contributed by atoms with Crippen LogP contribution in [0.1, 0.15) is 49.0 Å². The number of para-hydroxylation sites is 1. The quantitative estimate of drug-likeness (QED) is 0.618. The maximum absolute atomic E-state index is 12.5. The van der Waals surface area contributed by atoms with Gasteiger partial charge in [0, 0.05) is 5.69 Å². The molecule has 2 atom stereocenters. The minimum Gasteiger partial charge on any atom is -0.449 e. The number of hydrogen-bond acceptors (Lipinski definition) is 6. The van der Waals surface area contributed by atoms with Gasteiger partial charge in [-0.25, -0.2) is 9.48 Å². The van der Waals surface area contributed by atoms with Gasteiger partial charge in [0.05, 0.1) is 11.3 Å². The first-order valence-electron chi connectivity index (χ1n) is 9.43. The van der Waals surface area contributed by atoms with Gasteiger partial charge in [0.25, 0.3) is 5.91 Å². The molecule has 1 N–H and O–H groups in total. The molecule has 0 saturated heterocycles. The van der Waals surface area contributed by atoms with Gasteiger partial charge in [-0.1, -0.05) is 32.0 Å². The summed E-state index contributed by atoms with van der Waals surface area (Å²) in [6.07, 6.45) is 1.47. The number of nitrogens with zero attached hydrogens (tertiary/aromatic N) is 4. The molecule has 0 aliphatic carbocycles. The molecule has 150 valence electrons. The highest BCUT2D eigenvalue weighted by atomic mass is 16.5. The molecular weight excluding hydrogens is 370 g/mol. The Morgan fingerprint density at radius 2 is 1.83 bits per heavy atom. The van der Waals surface area contributed by atoms with Crippen LogP contribution in [0.3, 0.4) is 0 Å². The van der Waals surface area contributed by atoms with E-state index < -0.39 is 12.1 Å². The van der Waals surface area contributed by atoms with Crippen LogP contribution in [0.2, 0.25) is 0 Å². The first-order valence-corrected chi connectivity index (χ1v) is 9.43. The molecule has 1 aromatic heterocycles. The van der Waals surface area contributed by atoms with E-state index >= 15 is 0 Å². The third-order valence-electron chi connectivity index (χ3n) is 4.73. The number of ether oxygens (including phenoxy) is 1. The maximum Gasteiger partial charge on any atom is 0.338 e. The van der Waals surface area contributed by atoms with E-state index in [1.54, 1.807) is 31.2 Å². The molecule has 0 aliphatic heterocycles. The van der Waals surface area contributed by atoms with Crippen LogP contribution in [-0.2, 0) is 9.53 Å². The number of carbonyl (C=O) groups excluding carboxylic acids is 2. The van der Waals surface area contributed by atoms with Crippen molar-refractivity contribution in [3.05, 3.63) is 66.0 Å². The molecule has 29 heavy (non-hydrogen) atoms. The summed E-state index contributed by atoms with van der Waals surface area (Å²) >= 11 is 0. The highest BCUT2D eigenvalue weighted by Gasteiger charge is 2.20. The molecule has 0 unspecified atom stereocenters. The number of tetrazole rings is 1. The van der Waals surface area contributed by atoms with Crippen LogP contribution in [0.25, 0.3) is 5.69 Å². The Morgan fingerprint density at radius 1 is 1.10 bits per heavy atom. The second-order valence-electron chi connectivity index (χ2n) is 6.73. The Bertz CT molecular complexity index is 970. The van der Waals surface area contributed by atoms with E-state index in [1.807, 2.05) is 24.3 Å². The van der Waals surface area contributed by atoms with Gasteiger partial charge in [-0.3, -0.25) is 4.79 Å². The number of amides is 1. The van der Waals surface area contributed by atoms with E-state index in [-0.39, 0.29) is 5.91 Å². The number of anilines is 1. The molecule has 0 radical (unpaired) electrons. The molecule has 2 aromatic carbocycles. The van der Waals surface area contributed by atoms with Gasteiger partial charge < -0.3 is 10.1 Å². The number of hydrogen-bond donors (Lipinski definition) is 1. The molecule has 8 nitrogen and oxygen atoms in total. The molecule has 3 rings (SSSR count). The summed E-state index contributed by atoms with van der Waals surface area (Å²) in [4.78, 5) is 24.9. The third kappa shape index (κ3) is 4.84. The number of rotatable bonds is 7. The lowest BCUT2D eigenvalue weighted by Gasteiger charge is -2.18. The Labute approximate surface area is 168 Å². The molecule has 0 aliphatic rings. The number of carbonyl (C=O) groups is 2. The normalized spacial score (nSPS) is 12.8. The van der Waals surface area contributed by atoms with Crippen molar-refractivity contribution >= 4 is 17.6 Å². The van der Waals surface area contributed by atoms with Crippen LogP contribution in [0.4, 0.5) is 5.69 Å². The highest BCUT2D eigenvalue weighted by molar-refractivity contribution is 5.97. The molecular formula is C21H23N5O3. The monoisotopic (exact) mass is 393 g/mol. The SMILES string of the molecule is CC[C@H](C)c1ccccc1NC(=O)[C@H](C)OC(=O)c1ccc(-n2cnnn2)cc1. The van der Waals surface area contributed by atoms with Crippen LogP contribution in [0.15, 0.2) is 54.9 Å². The Balaban J connectivity index is 1.63. The first kappa shape index (κ1) is 20.2. The molecule has 0 saturated carbocycles. The summed E-state index contributed by atoms with van der Waals surface area (Å²) in [7, 11) is 0. The standard InChI is InChI=1S/C21H23N5O3/c1-4-14(2)18-7-5-6-8-19(18)23-20(27)15(3)29-21(28)16-9-11-17(12-10-16)26-13-22-24-25-26/h5-15H,4H2,1-3H3,(H,23,27)/t14-,15-/m0/s1. The largest absolute Gasteiger partial charge is 0.449 e. The van der Waals surface area contributed by atoms with Gasteiger partial charge in [0.2, 0.25) is 0 Å². The van der Waals surface area contributed by atoms with E-state index in [9.17, 15) is 9.59 Å². The minimum atomic E-state index is -0.938. The fourth-order valence-corrected chi connectivity index (χ4v) is 2.81. The number of esters is 1. The zero-order valence-corrected chi connectivity index (χ0v) is 16.6. The average Bonchev–Trinajstić information content (AvgIpc) is 3.28. The second kappa shape index (κ2) is 9.09. The summed E-state index contributed by atoms with van der Waals surface area (Å²) in [6, 6.07) is 14.2. The van der Waals surface area contributed by atoms with Crippen LogP contribution in [-0.4, -0.2) is 38.2 Å². The molecule has 0 fully saturated rings. The van der Waals surface area contributed by atoms with E-state index in [2.05, 4.69) is 34.7 Å². The Morgan fingerprint density at radius 3 is 2.48 bits per heavy atom. The van der Waals surface area contributed by atoms with Crippen molar-refractivity contribution in [2.75, 3.05) is 5.32 Å². The summed E-state index contributed by atoms with van der Waals surface area (Å²) in [5, 5.41) is 13.8. The zero-order valence-electron chi connectivity index (χ0n) is 16.6. The van der Waals surface area contributed by atoms with Crippen molar-refractivity contribution in [1.29, 1.82) is 0 Å². The zero-order chi connectivity index (χ0) is 20.8. The fraction of sp³-hybridized carbons (Fsp3) is 0.286. The lowest BCUT2D eigenvalue weighted by Crippen LogP contribution is -2.30. The number of aromatic nitrogens is 4. The molecule has 8 heteroatoms. The van der Waals surface area contributed by atoms with Crippen LogP contribution in [0.5, 0.6) is 0 Å². The van der Waals surface area contributed by atoms with Crippen molar-refractivity contribution in [2.45, 2.75) is 39.2 Å². The fourth-order valence-electron chi connectivity index (χ4n) is 2.81. The van der Waals surface area contributed by atoms with Crippen LogP contribution < -0.4 is 5.32 Å². The third-order valence-corrected chi connectivity index (χ3v) is 4.73. The Hall–Kier alpha value is -3.55. The molecule has 1 heterocycles. The van der Waals surface area contributed by atoms with Gasteiger partial charge >= 0.3 is 5.97 Å². The number of benzene rings is 2. The van der Waals surface area contributed by atoms with Crippen molar-refractivity contribution in [2.24, 2.45) is 0 Å². The summed E-state index contributed by atoms with van der Waals surface area (Å²) in [5.74, 6) is -0.645. The minimum absolute atomic E-state index is 0.308. The highest BCUT2D eigenvalue weighted by Crippen LogP contribution is 2.26. The van der Waals surface area contributed by atoms with Gasteiger partial charge in [-0.15, -0.1) is 5.10 Å². The van der Waals surface area contributed by atoms with Crippen LogP contribution in [0, 0.1) is 0 Å². The van der Waals surface area contributed by atoms with E-state index in [0.717, 1.165) is 17.7 Å². The average molecular weight is 393 g/mol. The van der Waals surface area contributed by atoms with Crippen molar-refractivity contribution in [3.63, 3.8) is 0 Å². The first-order chi connectivity index (χ1) is 14.0. The predicted octanol–water partition coefficient (Wildman–Crippen LogP) is 3.36. The summed E-state index contributed by atoms with van der Waals surface area (Å²) < 4.78 is 6.80. The van der Waals surface area contributed by atoms with E-state index in [0.29, 0.717) is 17.2 Å². The lowest BCUT2D eigenvalue weighted by atomic mass is 9.97. The predicted molar refractivity (Wildman–Crippen MR) is 108 cm³/mol. The molecule has 1 amide bonds. The van der Waals surface area contributed by atoms with Crippen molar-refractivity contribution in [3.8, 4) is 5.69 Å². The molecule has 0 spiro atoms. The van der Waals surface area contributed by atoms with Crippen molar-refractivity contribution in [1.82, 2.24) is 20.2 Å². The van der Waals surface area contributed by atoms with Gasteiger partial charge in [-0.2, -0.15) is 0 Å². The second-order valence-corrected chi connectivity index (χ2v) is 6.73. The van der Waals surface area contributed by atoms with Gasteiger partial charge in [-0.05, 0) is 65.6 Å². The summed E-state index contributed by atoms with van der Waals surface area (Å²) in [6.45, 7) is 5.75. The van der Waals surface area contributed by atoms with E-state index in [1.165, 1.54) is 11.0 Å². The maximum atomic E-state index is 12.5. The molecule has 0 bridgehead atoms. The van der Waals surface area contributed by atoms with Gasteiger partial charge in [0.1, 0.15) is 6.33 Å². The number of nitrogens with one attached hydrogen (secondary N) is 1. The van der Waals surface area contributed by atoms with Gasteiger partial charge in [0.15, 0.2) is 6.10 Å². The summed E-state index contributed by atoms with van der Waals surface area (Å²) in [5.41, 5.74) is 2.83. The Kier molecular flexibility index (Phi) is 6.33.